The van der Waals surface area contributed by atoms with Gasteiger partial charge in [-0.15, -0.1) is 0 Å². The van der Waals surface area contributed by atoms with E-state index in [1.165, 1.54) is 26.1 Å². The molecule has 2 N–H and O–H groups in total. The molecule has 0 aliphatic carbocycles. The summed E-state index contributed by atoms with van der Waals surface area (Å²) in [4.78, 5) is 2.27. The number of nitrogens with zero attached hydrogens (tertiary/aromatic N) is 1. The number of nitrogens with two attached hydrogens (primary N) is 1. The Hall–Kier alpha value is -0.0800. The molecule has 2 heteroatoms. The molecular weight excluding hydrogens is 124 g/mol. The molecule has 0 amide bonds. The van der Waals surface area contributed by atoms with Crippen LogP contribution in [0, 0.1) is 5.41 Å². The van der Waals surface area contributed by atoms with Gasteiger partial charge in [-0.05, 0) is 34.0 Å². The lowest BCUT2D eigenvalue weighted by atomic mass is 9.81. The second kappa shape index (κ2) is 2.89. The second-order valence-electron chi connectivity index (χ2n) is 4.06. The van der Waals surface area contributed by atoms with Crippen molar-refractivity contribution < 1.29 is 5.32 Å². The zero-order valence-electron chi connectivity index (χ0n) is 7.35. The van der Waals surface area contributed by atoms with Crippen LogP contribution in [-0.4, -0.2) is 38.6 Å². The van der Waals surface area contributed by atoms with E-state index in [4.69, 9.17) is 0 Å². The Bertz CT molecular complexity index is 106. The minimum Gasteiger partial charge on any atom is -0.345 e. The largest absolute Gasteiger partial charge is 0.345 e. The summed E-state index contributed by atoms with van der Waals surface area (Å²) >= 11 is 0. The third-order valence-electron chi connectivity index (χ3n) is 2.44. The van der Waals surface area contributed by atoms with E-state index in [0.29, 0.717) is 5.41 Å². The van der Waals surface area contributed by atoms with Crippen LogP contribution in [0.3, 0.4) is 0 Å². The quantitative estimate of drug-likeness (QED) is 0.566. The molecule has 0 aromatic carbocycles. The van der Waals surface area contributed by atoms with Crippen molar-refractivity contribution >= 4 is 0 Å². The summed E-state index contributed by atoms with van der Waals surface area (Å²) in [6, 6.07) is 0. The van der Waals surface area contributed by atoms with Crippen LogP contribution in [0.15, 0.2) is 0 Å². The van der Waals surface area contributed by atoms with Crippen LogP contribution in [0.25, 0.3) is 0 Å². The van der Waals surface area contributed by atoms with Gasteiger partial charge in [-0.3, -0.25) is 0 Å². The van der Waals surface area contributed by atoms with Crippen molar-refractivity contribution in [2.24, 2.45) is 5.41 Å². The highest BCUT2D eigenvalue weighted by Gasteiger charge is 2.35. The average molecular weight is 143 g/mol. The SMILES string of the molecule is CN(C)CCC1(C)C[NH2+]C1. The molecule has 0 aromatic heterocycles. The van der Waals surface area contributed by atoms with Gasteiger partial charge < -0.3 is 10.2 Å². The molecule has 0 bridgehead atoms. The summed E-state index contributed by atoms with van der Waals surface area (Å²) in [6.45, 7) is 6.29. The fourth-order valence-corrected chi connectivity index (χ4v) is 1.33. The predicted octanol–water partition coefficient (Wildman–Crippen LogP) is -0.479. The van der Waals surface area contributed by atoms with E-state index in [1.54, 1.807) is 0 Å². The minimum absolute atomic E-state index is 0.657. The van der Waals surface area contributed by atoms with Gasteiger partial charge in [-0.2, -0.15) is 0 Å². The van der Waals surface area contributed by atoms with Gasteiger partial charge in [0.2, 0.25) is 0 Å². The van der Waals surface area contributed by atoms with Gasteiger partial charge in [-0.25, -0.2) is 0 Å². The van der Waals surface area contributed by atoms with E-state index in [9.17, 15) is 0 Å². The van der Waals surface area contributed by atoms with Crippen LogP contribution < -0.4 is 5.32 Å². The van der Waals surface area contributed by atoms with Gasteiger partial charge in [0.05, 0.1) is 18.5 Å². The van der Waals surface area contributed by atoms with Crippen molar-refractivity contribution in [2.45, 2.75) is 13.3 Å². The number of hydrogen-bond acceptors (Lipinski definition) is 1. The van der Waals surface area contributed by atoms with Crippen LogP contribution >= 0.6 is 0 Å². The highest BCUT2D eigenvalue weighted by molar-refractivity contribution is 4.77. The van der Waals surface area contributed by atoms with Crippen LogP contribution in [-0.2, 0) is 0 Å². The van der Waals surface area contributed by atoms with Crippen molar-refractivity contribution in [1.29, 1.82) is 0 Å². The molecule has 2 nitrogen and oxygen atoms in total. The van der Waals surface area contributed by atoms with Crippen molar-refractivity contribution in [3.8, 4) is 0 Å². The van der Waals surface area contributed by atoms with Gasteiger partial charge in [0.15, 0.2) is 0 Å². The Labute approximate surface area is 63.6 Å². The molecule has 1 aliphatic rings. The topological polar surface area (TPSA) is 19.9 Å². The van der Waals surface area contributed by atoms with Crippen LogP contribution in [0.2, 0.25) is 0 Å². The molecular formula is C8H19N2+. The zero-order chi connectivity index (χ0) is 7.61. The van der Waals surface area contributed by atoms with Gasteiger partial charge in [0.1, 0.15) is 0 Å². The summed E-state index contributed by atoms with van der Waals surface area (Å²) in [5.74, 6) is 0. The monoisotopic (exact) mass is 143 g/mol. The number of hydrogen-bond donors (Lipinski definition) is 1. The molecule has 0 saturated carbocycles. The molecule has 0 radical (unpaired) electrons. The summed E-state index contributed by atoms with van der Waals surface area (Å²) in [6.07, 6.45) is 1.36. The molecule has 0 spiro atoms. The fourth-order valence-electron chi connectivity index (χ4n) is 1.33. The highest BCUT2D eigenvalue weighted by Crippen LogP contribution is 2.20. The van der Waals surface area contributed by atoms with E-state index in [0.717, 1.165) is 0 Å². The summed E-state index contributed by atoms with van der Waals surface area (Å²) < 4.78 is 0. The normalized spacial score (nSPS) is 22.8. The first-order valence-electron chi connectivity index (χ1n) is 4.09. The number of quaternary nitrogens is 1. The van der Waals surface area contributed by atoms with Crippen molar-refractivity contribution in [3.05, 3.63) is 0 Å². The molecule has 1 saturated heterocycles. The summed E-state index contributed by atoms with van der Waals surface area (Å²) in [5.41, 5.74) is 0.657. The van der Waals surface area contributed by atoms with Gasteiger partial charge >= 0.3 is 0 Å². The lowest BCUT2D eigenvalue weighted by Crippen LogP contribution is -2.99. The smallest absolute Gasteiger partial charge is 0.0865 e. The first-order chi connectivity index (χ1) is 4.62. The van der Waals surface area contributed by atoms with Crippen molar-refractivity contribution in [3.63, 3.8) is 0 Å². The molecule has 1 heterocycles. The average Bonchev–Trinajstić information content (AvgIpc) is 1.79. The first kappa shape index (κ1) is 8.02. The van der Waals surface area contributed by atoms with Crippen LogP contribution in [0.5, 0.6) is 0 Å². The molecule has 1 rings (SSSR count). The Kier molecular flexibility index (Phi) is 2.32. The predicted molar refractivity (Wildman–Crippen MR) is 42.9 cm³/mol. The van der Waals surface area contributed by atoms with Crippen LogP contribution in [0.1, 0.15) is 13.3 Å². The van der Waals surface area contributed by atoms with E-state index < -0.39 is 0 Å². The molecule has 0 unspecified atom stereocenters. The minimum atomic E-state index is 0.657. The van der Waals surface area contributed by atoms with Gasteiger partial charge in [0, 0.05) is 0 Å². The van der Waals surface area contributed by atoms with Gasteiger partial charge in [0.25, 0.3) is 0 Å². The van der Waals surface area contributed by atoms with E-state index in [2.05, 4.69) is 31.2 Å². The number of rotatable bonds is 3. The maximum atomic E-state index is 2.39. The molecule has 0 aromatic rings. The Morgan fingerprint density at radius 2 is 2.00 bits per heavy atom. The summed E-state index contributed by atoms with van der Waals surface area (Å²) in [7, 11) is 4.29. The van der Waals surface area contributed by atoms with Crippen molar-refractivity contribution in [2.75, 3.05) is 33.7 Å². The molecule has 1 aliphatic heterocycles. The molecule has 0 atom stereocenters. The maximum absolute atomic E-state index is 2.39. The zero-order valence-corrected chi connectivity index (χ0v) is 7.35. The Balaban J connectivity index is 2.12. The van der Waals surface area contributed by atoms with E-state index in [-0.39, 0.29) is 0 Å². The third kappa shape index (κ3) is 1.96. The maximum Gasteiger partial charge on any atom is 0.0865 e. The van der Waals surface area contributed by atoms with Crippen molar-refractivity contribution in [1.82, 2.24) is 4.90 Å². The standard InChI is InChI=1S/C8H18N2/c1-8(6-9-7-8)4-5-10(2)3/h9H,4-7H2,1-3H3/p+1. The lowest BCUT2D eigenvalue weighted by molar-refractivity contribution is -0.740. The highest BCUT2D eigenvalue weighted by atomic mass is 15.1. The molecule has 60 valence electrons. The van der Waals surface area contributed by atoms with E-state index in [1.807, 2.05) is 0 Å². The molecule has 1 fully saturated rings. The summed E-state index contributed by atoms with van der Waals surface area (Å²) in [5, 5.41) is 2.38. The molecule has 10 heavy (non-hydrogen) atoms. The first-order valence-corrected chi connectivity index (χ1v) is 4.09. The Morgan fingerprint density at radius 3 is 2.30 bits per heavy atom. The lowest BCUT2D eigenvalue weighted by Gasteiger charge is -2.35. The Morgan fingerprint density at radius 1 is 1.40 bits per heavy atom. The van der Waals surface area contributed by atoms with E-state index >= 15 is 0 Å². The van der Waals surface area contributed by atoms with Crippen LogP contribution in [0.4, 0.5) is 0 Å². The third-order valence-corrected chi connectivity index (χ3v) is 2.44. The van der Waals surface area contributed by atoms with Gasteiger partial charge in [-0.1, -0.05) is 0 Å². The fraction of sp³-hybridized carbons (Fsp3) is 1.00. The second-order valence-corrected chi connectivity index (χ2v) is 4.06.